The molecule has 1 rings (SSSR count). The lowest BCUT2D eigenvalue weighted by Gasteiger charge is -2.22. The third-order valence-electron chi connectivity index (χ3n) is 2.10. The van der Waals surface area contributed by atoms with Gasteiger partial charge in [-0.3, -0.25) is 4.79 Å². The molecule has 2 nitrogen and oxygen atoms in total. The van der Waals surface area contributed by atoms with Crippen molar-refractivity contribution in [2.75, 3.05) is 6.61 Å². The summed E-state index contributed by atoms with van der Waals surface area (Å²) in [6.45, 7) is 7.86. The fourth-order valence-electron chi connectivity index (χ4n) is 1.35. The number of rotatable bonds is 1. The van der Waals surface area contributed by atoms with Crippen LogP contribution >= 0.6 is 0 Å². The van der Waals surface area contributed by atoms with E-state index >= 15 is 0 Å². The molecule has 1 atom stereocenters. The Morgan fingerprint density at radius 1 is 1.80 bits per heavy atom. The van der Waals surface area contributed by atoms with Crippen LogP contribution in [0.3, 0.4) is 0 Å². The molecular formula is C8H13O2. The largest absolute Gasteiger partial charge is 0.367 e. The van der Waals surface area contributed by atoms with Crippen LogP contribution in [0, 0.1) is 12.8 Å². The Morgan fingerprint density at radius 2 is 2.40 bits per heavy atom. The standard InChI is InChI=1S/C8H13O2/c1-4-6-7(9)5-10-8(6,2)3/h6H,1,4-5H2,2-3H3. The molecule has 0 spiro atoms. The molecular weight excluding hydrogens is 128 g/mol. The summed E-state index contributed by atoms with van der Waals surface area (Å²) in [6, 6.07) is 0. The van der Waals surface area contributed by atoms with Crippen LogP contribution in [0.5, 0.6) is 0 Å². The number of carbonyl (C=O) groups excluding carboxylic acids is 1. The van der Waals surface area contributed by atoms with Crippen LogP contribution in [0.4, 0.5) is 0 Å². The predicted octanol–water partition coefficient (Wildman–Crippen LogP) is 1.20. The second-order valence-electron chi connectivity index (χ2n) is 3.20. The van der Waals surface area contributed by atoms with Crippen molar-refractivity contribution >= 4 is 5.78 Å². The molecule has 0 aromatic rings. The third-order valence-corrected chi connectivity index (χ3v) is 2.10. The highest BCUT2D eigenvalue weighted by molar-refractivity contribution is 5.85. The Kier molecular flexibility index (Phi) is 1.82. The molecule has 1 unspecified atom stereocenters. The first kappa shape index (κ1) is 7.73. The van der Waals surface area contributed by atoms with Gasteiger partial charge in [-0.25, -0.2) is 0 Å². The number of carbonyl (C=O) groups is 1. The van der Waals surface area contributed by atoms with Gasteiger partial charge < -0.3 is 4.74 Å². The molecule has 1 aliphatic rings. The van der Waals surface area contributed by atoms with Crippen molar-refractivity contribution in [3.05, 3.63) is 6.92 Å². The maximum Gasteiger partial charge on any atom is 0.164 e. The summed E-state index contributed by atoms with van der Waals surface area (Å²) in [4.78, 5) is 11.1. The minimum Gasteiger partial charge on any atom is -0.367 e. The van der Waals surface area contributed by atoms with Gasteiger partial charge in [-0.1, -0.05) is 6.92 Å². The van der Waals surface area contributed by atoms with E-state index in [1.54, 1.807) is 0 Å². The molecule has 1 heterocycles. The summed E-state index contributed by atoms with van der Waals surface area (Å²) in [6.07, 6.45) is 0.645. The summed E-state index contributed by atoms with van der Waals surface area (Å²) in [5.41, 5.74) is -0.279. The second kappa shape index (κ2) is 2.35. The fraction of sp³-hybridized carbons (Fsp3) is 0.750. The lowest BCUT2D eigenvalue weighted by Crippen LogP contribution is -2.29. The van der Waals surface area contributed by atoms with Gasteiger partial charge in [0.1, 0.15) is 6.61 Å². The van der Waals surface area contributed by atoms with Crippen molar-refractivity contribution in [1.29, 1.82) is 0 Å². The Balaban J connectivity index is 2.73. The monoisotopic (exact) mass is 141 g/mol. The van der Waals surface area contributed by atoms with Crippen LogP contribution in [0.2, 0.25) is 0 Å². The molecule has 57 valence electrons. The van der Waals surface area contributed by atoms with Crippen LogP contribution in [0.1, 0.15) is 20.3 Å². The molecule has 2 heteroatoms. The highest BCUT2D eigenvalue weighted by atomic mass is 16.5. The summed E-state index contributed by atoms with van der Waals surface area (Å²) >= 11 is 0. The molecule has 1 aliphatic heterocycles. The second-order valence-corrected chi connectivity index (χ2v) is 3.20. The number of hydrogen-bond donors (Lipinski definition) is 0. The van der Waals surface area contributed by atoms with E-state index in [0.29, 0.717) is 6.42 Å². The number of ketones is 1. The van der Waals surface area contributed by atoms with Crippen molar-refractivity contribution in [3.8, 4) is 0 Å². The van der Waals surface area contributed by atoms with E-state index in [1.165, 1.54) is 0 Å². The van der Waals surface area contributed by atoms with Crippen LogP contribution in [-0.2, 0) is 9.53 Å². The van der Waals surface area contributed by atoms with Gasteiger partial charge in [0.15, 0.2) is 5.78 Å². The first-order chi connectivity index (χ1) is 4.58. The van der Waals surface area contributed by atoms with E-state index < -0.39 is 0 Å². The zero-order valence-electron chi connectivity index (χ0n) is 6.52. The minimum atomic E-state index is -0.279. The van der Waals surface area contributed by atoms with Crippen molar-refractivity contribution in [2.45, 2.75) is 25.9 Å². The Hall–Kier alpha value is -0.370. The molecule has 0 aromatic carbocycles. The third kappa shape index (κ3) is 1.08. The van der Waals surface area contributed by atoms with E-state index in [2.05, 4.69) is 6.92 Å². The Bertz CT molecular complexity index is 149. The number of Topliss-reactive ketones (excluding diaryl/α,β-unsaturated/α-hetero) is 1. The average molecular weight is 141 g/mol. The van der Waals surface area contributed by atoms with Crippen molar-refractivity contribution in [1.82, 2.24) is 0 Å². The van der Waals surface area contributed by atoms with E-state index in [1.807, 2.05) is 13.8 Å². The van der Waals surface area contributed by atoms with Crippen molar-refractivity contribution in [3.63, 3.8) is 0 Å². The predicted molar refractivity (Wildman–Crippen MR) is 38.5 cm³/mol. The molecule has 1 radical (unpaired) electrons. The summed E-state index contributed by atoms with van der Waals surface area (Å²) in [7, 11) is 0. The van der Waals surface area contributed by atoms with Gasteiger partial charge in [-0.15, -0.1) is 0 Å². The van der Waals surface area contributed by atoms with Crippen molar-refractivity contribution < 1.29 is 9.53 Å². The smallest absolute Gasteiger partial charge is 0.164 e. The fourth-order valence-corrected chi connectivity index (χ4v) is 1.35. The van der Waals surface area contributed by atoms with Gasteiger partial charge in [0.05, 0.1) is 5.60 Å². The molecule has 0 saturated carbocycles. The highest BCUT2D eigenvalue weighted by Gasteiger charge is 2.40. The van der Waals surface area contributed by atoms with Gasteiger partial charge in [0.25, 0.3) is 0 Å². The van der Waals surface area contributed by atoms with Crippen LogP contribution < -0.4 is 0 Å². The molecule has 10 heavy (non-hydrogen) atoms. The van der Waals surface area contributed by atoms with Gasteiger partial charge in [-0.05, 0) is 20.3 Å². The van der Waals surface area contributed by atoms with Crippen LogP contribution in [-0.4, -0.2) is 18.0 Å². The number of ether oxygens (including phenoxy) is 1. The van der Waals surface area contributed by atoms with Gasteiger partial charge in [-0.2, -0.15) is 0 Å². The SMILES string of the molecule is [CH2]CC1C(=O)COC1(C)C. The first-order valence-corrected chi connectivity index (χ1v) is 3.54. The Labute approximate surface area is 61.6 Å². The first-order valence-electron chi connectivity index (χ1n) is 3.54. The lowest BCUT2D eigenvalue weighted by atomic mass is 9.88. The number of hydrogen-bond acceptors (Lipinski definition) is 2. The zero-order valence-corrected chi connectivity index (χ0v) is 6.52. The maximum absolute atomic E-state index is 11.1. The average Bonchev–Trinajstić information content (AvgIpc) is 2.07. The topological polar surface area (TPSA) is 26.3 Å². The van der Waals surface area contributed by atoms with E-state index in [-0.39, 0.29) is 23.9 Å². The minimum absolute atomic E-state index is 0.00694. The quantitative estimate of drug-likeness (QED) is 0.548. The molecule has 0 aromatic heterocycles. The lowest BCUT2D eigenvalue weighted by molar-refractivity contribution is -0.120. The van der Waals surface area contributed by atoms with E-state index in [4.69, 9.17) is 4.74 Å². The molecule has 0 N–H and O–H groups in total. The highest BCUT2D eigenvalue weighted by Crippen LogP contribution is 2.30. The molecule has 0 bridgehead atoms. The molecule has 1 fully saturated rings. The van der Waals surface area contributed by atoms with Crippen LogP contribution in [0.15, 0.2) is 0 Å². The maximum atomic E-state index is 11.1. The van der Waals surface area contributed by atoms with E-state index in [0.717, 1.165) is 0 Å². The summed E-state index contributed by atoms with van der Waals surface area (Å²) in [5.74, 6) is 0.201. The summed E-state index contributed by atoms with van der Waals surface area (Å²) < 4.78 is 5.27. The van der Waals surface area contributed by atoms with Gasteiger partial charge in [0.2, 0.25) is 0 Å². The molecule has 0 amide bonds. The Morgan fingerprint density at radius 3 is 2.60 bits per heavy atom. The van der Waals surface area contributed by atoms with Gasteiger partial charge >= 0.3 is 0 Å². The molecule has 1 saturated heterocycles. The zero-order chi connectivity index (χ0) is 7.78. The van der Waals surface area contributed by atoms with Crippen LogP contribution in [0.25, 0.3) is 0 Å². The summed E-state index contributed by atoms with van der Waals surface area (Å²) in [5, 5.41) is 0. The van der Waals surface area contributed by atoms with Crippen molar-refractivity contribution in [2.24, 2.45) is 5.92 Å². The molecule has 0 aliphatic carbocycles. The van der Waals surface area contributed by atoms with Gasteiger partial charge in [0, 0.05) is 5.92 Å². The normalized spacial score (nSPS) is 31.1. The van der Waals surface area contributed by atoms with E-state index in [9.17, 15) is 4.79 Å².